The Balaban J connectivity index is 1.61. The predicted molar refractivity (Wildman–Crippen MR) is 134 cm³/mol. The summed E-state index contributed by atoms with van der Waals surface area (Å²) < 4.78 is 66.4. The third kappa shape index (κ3) is 4.76. The zero-order valence-electron chi connectivity index (χ0n) is 22.2. The van der Waals surface area contributed by atoms with Crippen LogP contribution in [0.2, 0.25) is 0 Å². The molecule has 3 aliphatic carbocycles. The number of carboxylic acid groups (broad SMARTS) is 1. The number of hydrogen-bond acceptors (Lipinski definition) is 6. The quantitative estimate of drug-likeness (QED) is 0.426. The number of nitrogens with one attached hydrogen (secondary N) is 1. The van der Waals surface area contributed by atoms with Gasteiger partial charge in [-0.25, -0.2) is 19.0 Å². The van der Waals surface area contributed by atoms with Crippen molar-refractivity contribution in [3.05, 3.63) is 59.0 Å². The molecule has 12 heteroatoms. The van der Waals surface area contributed by atoms with Gasteiger partial charge in [-0.3, -0.25) is 4.90 Å². The largest absolute Gasteiger partial charge is 0.481 e. The zero-order valence-corrected chi connectivity index (χ0v) is 22.2. The first-order valence-corrected chi connectivity index (χ1v) is 13.2. The van der Waals surface area contributed by atoms with Crippen molar-refractivity contribution in [1.82, 2.24) is 15.2 Å². The van der Waals surface area contributed by atoms with Crippen molar-refractivity contribution < 1.29 is 41.7 Å². The zero-order chi connectivity index (χ0) is 29.0. The lowest BCUT2D eigenvalue weighted by molar-refractivity contribution is -0.174. The van der Waals surface area contributed by atoms with E-state index in [0.717, 1.165) is 30.2 Å². The van der Waals surface area contributed by atoms with Crippen molar-refractivity contribution in [3.63, 3.8) is 0 Å². The summed E-state index contributed by atoms with van der Waals surface area (Å²) in [7, 11) is 1.28. The van der Waals surface area contributed by atoms with Crippen molar-refractivity contribution in [2.24, 2.45) is 17.3 Å². The maximum absolute atomic E-state index is 15.3. The number of aliphatic carboxylic acids is 1. The fourth-order valence-electron chi connectivity index (χ4n) is 6.83. The highest BCUT2D eigenvalue weighted by atomic mass is 19.4. The number of pyridine rings is 1. The van der Waals surface area contributed by atoms with Crippen LogP contribution < -0.4 is 10.1 Å². The highest BCUT2D eigenvalue weighted by molar-refractivity contribution is 5.82. The number of hydrogen-bond donors (Lipinski definition) is 2. The SMILES string of the molecule is COc1ncc(C(F)(F)F)cc1CN[C@H]1[C@H](C23CC(C2)C3)[C@@H](C(=O)O)N(C(=O)OC(C)C)[C@H]1c1ccccc1F. The maximum atomic E-state index is 15.3. The number of halogens is 4. The average molecular weight is 566 g/mol. The molecule has 4 aliphatic rings. The lowest BCUT2D eigenvalue weighted by Crippen LogP contribution is -2.63. The van der Waals surface area contributed by atoms with Crippen molar-refractivity contribution in [3.8, 4) is 5.88 Å². The van der Waals surface area contributed by atoms with Gasteiger partial charge in [-0.15, -0.1) is 0 Å². The second kappa shape index (κ2) is 10.2. The Bertz CT molecular complexity index is 1290. The van der Waals surface area contributed by atoms with Crippen molar-refractivity contribution in [1.29, 1.82) is 0 Å². The summed E-state index contributed by atoms with van der Waals surface area (Å²) in [5, 5.41) is 13.7. The molecule has 216 valence electrons. The van der Waals surface area contributed by atoms with Crippen molar-refractivity contribution >= 4 is 12.1 Å². The molecule has 1 amide bonds. The van der Waals surface area contributed by atoms with E-state index >= 15 is 4.39 Å². The van der Waals surface area contributed by atoms with Crippen molar-refractivity contribution in [2.75, 3.05) is 7.11 Å². The minimum atomic E-state index is -4.64. The fourth-order valence-corrected chi connectivity index (χ4v) is 6.83. The number of nitrogens with zero attached hydrogens (tertiary/aromatic N) is 2. The Kier molecular flexibility index (Phi) is 7.18. The van der Waals surface area contributed by atoms with Gasteiger partial charge in [0.15, 0.2) is 0 Å². The van der Waals surface area contributed by atoms with Gasteiger partial charge in [0.05, 0.1) is 24.8 Å². The van der Waals surface area contributed by atoms with Gasteiger partial charge < -0.3 is 19.9 Å². The molecule has 1 aromatic carbocycles. The number of aromatic nitrogens is 1. The van der Waals surface area contributed by atoms with Gasteiger partial charge in [-0.2, -0.15) is 13.2 Å². The first-order chi connectivity index (χ1) is 18.9. The van der Waals surface area contributed by atoms with E-state index in [1.54, 1.807) is 19.9 Å². The number of ether oxygens (including phenoxy) is 2. The molecule has 1 aromatic heterocycles. The molecule has 1 aliphatic heterocycles. The monoisotopic (exact) mass is 565 g/mol. The molecule has 0 unspecified atom stereocenters. The molecule has 8 nitrogen and oxygen atoms in total. The number of likely N-dealkylation sites (tertiary alicyclic amines) is 1. The summed E-state index contributed by atoms with van der Waals surface area (Å²) >= 11 is 0. The van der Waals surface area contributed by atoms with Crippen LogP contribution >= 0.6 is 0 Å². The fraction of sp³-hybridized carbons (Fsp3) is 0.536. The average Bonchev–Trinajstić information content (AvgIpc) is 3.15. The van der Waals surface area contributed by atoms with E-state index in [1.807, 2.05) is 0 Å². The van der Waals surface area contributed by atoms with Crippen LogP contribution in [0.4, 0.5) is 22.4 Å². The number of carbonyl (C=O) groups excluding carboxylic acids is 1. The number of alkyl halides is 3. The predicted octanol–water partition coefficient (Wildman–Crippen LogP) is 5.18. The molecule has 3 saturated carbocycles. The molecule has 0 radical (unpaired) electrons. The number of carboxylic acids is 1. The number of rotatable bonds is 8. The normalized spacial score (nSPS) is 29.1. The van der Waals surface area contributed by atoms with E-state index in [2.05, 4.69) is 10.3 Å². The topological polar surface area (TPSA) is 101 Å². The molecule has 4 atom stereocenters. The standard InChI is InChI=1S/C28H31F4N3O5/c1-14(2)40-26(38)35-22(18-6-4-5-7-19(18)29)21(20(23(35)25(36)37)27-9-15(10-27)11-27)33-12-16-8-17(28(30,31)32)13-34-24(16)39-3/h4-8,13-15,20-23,33H,9-12H2,1-3H3,(H,36,37)/t15?,20-,21-,22-,23-,27?/m0/s1. The van der Waals surface area contributed by atoms with Gasteiger partial charge in [-0.1, -0.05) is 18.2 Å². The van der Waals surface area contributed by atoms with E-state index in [4.69, 9.17) is 9.47 Å². The molecule has 2 aromatic rings. The van der Waals surface area contributed by atoms with E-state index in [0.29, 0.717) is 12.1 Å². The lowest BCUT2D eigenvalue weighted by atomic mass is 9.38. The molecule has 2 bridgehead atoms. The molecule has 2 heterocycles. The third-order valence-corrected chi connectivity index (χ3v) is 8.46. The summed E-state index contributed by atoms with van der Waals surface area (Å²) in [6.45, 7) is 3.07. The summed E-state index contributed by atoms with van der Waals surface area (Å²) in [6, 6.07) is 3.45. The summed E-state index contributed by atoms with van der Waals surface area (Å²) in [6.07, 6.45) is -3.12. The number of amides is 1. The first kappa shape index (κ1) is 28.1. The van der Waals surface area contributed by atoms with Crippen LogP contribution in [0.25, 0.3) is 0 Å². The minimum absolute atomic E-state index is 0.0335. The summed E-state index contributed by atoms with van der Waals surface area (Å²) in [5.41, 5.74) is -1.17. The molecule has 6 rings (SSSR count). The molecular formula is C28H31F4N3O5. The van der Waals surface area contributed by atoms with Crippen molar-refractivity contribution in [2.45, 2.75) is 70.1 Å². The van der Waals surface area contributed by atoms with E-state index in [9.17, 15) is 27.9 Å². The summed E-state index contributed by atoms with van der Waals surface area (Å²) in [5.74, 6) is -2.11. The third-order valence-electron chi connectivity index (χ3n) is 8.46. The van der Waals surface area contributed by atoms with Crippen LogP contribution in [-0.2, 0) is 22.3 Å². The van der Waals surface area contributed by atoms with Gasteiger partial charge in [0.2, 0.25) is 5.88 Å². The Morgan fingerprint density at radius 1 is 1.23 bits per heavy atom. The van der Waals surface area contributed by atoms with Gasteiger partial charge >= 0.3 is 18.2 Å². The Labute approximate surface area is 228 Å². The maximum Gasteiger partial charge on any atom is 0.417 e. The van der Waals surface area contributed by atoms with Crippen LogP contribution in [-0.4, -0.2) is 52.4 Å². The van der Waals surface area contributed by atoms with E-state index in [-0.39, 0.29) is 23.6 Å². The Morgan fingerprint density at radius 3 is 2.42 bits per heavy atom. The van der Waals surface area contributed by atoms with Crippen LogP contribution in [0.5, 0.6) is 5.88 Å². The number of methoxy groups -OCH3 is 1. The van der Waals surface area contributed by atoms with Crippen LogP contribution in [0.15, 0.2) is 36.5 Å². The minimum Gasteiger partial charge on any atom is -0.481 e. The van der Waals surface area contributed by atoms with Crippen LogP contribution in [0, 0.1) is 23.1 Å². The molecule has 4 fully saturated rings. The molecule has 0 spiro atoms. The van der Waals surface area contributed by atoms with E-state index < -0.39 is 65.2 Å². The van der Waals surface area contributed by atoms with Gasteiger partial charge in [0.1, 0.15) is 11.9 Å². The number of carbonyl (C=O) groups is 2. The Morgan fingerprint density at radius 2 is 1.90 bits per heavy atom. The van der Waals surface area contributed by atoms with Crippen LogP contribution in [0.1, 0.15) is 55.8 Å². The number of benzene rings is 1. The smallest absolute Gasteiger partial charge is 0.417 e. The molecule has 2 N–H and O–H groups in total. The highest BCUT2D eigenvalue weighted by Crippen LogP contribution is 2.71. The van der Waals surface area contributed by atoms with Gasteiger partial charge in [-0.05, 0) is 56.6 Å². The summed E-state index contributed by atoms with van der Waals surface area (Å²) in [4.78, 5) is 31.2. The van der Waals surface area contributed by atoms with Gasteiger partial charge in [0, 0.05) is 35.8 Å². The molecular weight excluding hydrogens is 534 g/mol. The van der Waals surface area contributed by atoms with E-state index in [1.165, 1.54) is 25.3 Å². The van der Waals surface area contributed by atoms with Gasteiger partial charge in [0.25, 0.3) is 0 Å². The Hall–Kier alpha value is -3.41. The lowest BCUT2D eigenvalue weighted by Gasteiger charge is -2.66. The second-order valence-corrected chi connectivity index (χ2v) is 11.3. The van der Waals surface area contributed by atoms with Crippen LogP contribution in [0.3, 0.4) is 0 Å². The first-order valence-electron chi connectivity index (χ1n) is 13.2. The molecule has 40 heavy (non-hydrogen) atoms. The highest BCUT2D eigenvalue weighted by Gasteiger charge is 2.70. The molecule has 1 saturated heterocycles. The second-order valence-electron chi connectivity index (χ2n) is 11.3.